The molecule has 2 saturated carbocycles. The second kappa shape index (κ2) is 6.78. The number of nitro benzene ring substituents is 2. The lowest BCUT2D eigenvalue weighted by molar-refractivity contribution is -0.393. The second-order valence-electron chi connectivity index (χ2n) is 7.14. The minimum atomic E-state index is -0.641. The van der Waals surface area contributed by atoms with Crippen molar-refractivity contribution in [2.75, 3.05) is 5.43 Å². The fraction of sp³-hybridized carbons (Fsp3) is 0.588. The van der Waals surface area contributed by atoms with Crippen molar-refractivity contribution in [3.63, 3.8) is 0 Å². The molecular weight excluding hydrogens is 324 g/mol. The minimum Gasteiger partial charge on any atom is -0.272 e. The zero-order valence-corrected chi connectivity index (χ0v) is 14.2. The zero-order valence-electron chi connectivity index (χ0n) is 14.2. The first-order chi connectivity index (χ1) is 11.9. The van der Waals surface area contributed by atoms with Gasteiger partial charge in [0.05, 0.1) is 15.9 Å². The molecule has 25 heavy (non-hydrogen) atoms. The van der Waals surface area contributed by atoms with Crippen LogP contribution in [0.3, 0.4) is 0 Å². The van der Waals surface area contributed by atoms with Crippen LogP contribution >= 0.6 is 0 Å². The Hall–Kier alpha value is -2.51. The van der Waals surface area contributed by atoms with Gasteiger partial charge in [-0.2, -0.15) is 5.10 Å². The van der Waals surface area contributed by atoms with E-state index in [1.165, 1.54) is 37.8 Å². The third kappa shape index (κ3) is 3.33. The molecule has 2 aliphatic rings. The molecule has 134 valence electrons. The van der Waals surface area contributed by atoms with Crippen LogP contribution in [0.25, 0.3) is 0 Å². The molecule has 0 saturated heterocycles. The fourth-order valence-corrected chi connectivity index (χ4v) is 4.24. The third-order valence-corrected chi connectivity index (χ3v) is 5.73. The zero-order chi connectivity index (χ0) is 18.0. The van der Waals surface area contributed by atoms with Gasteiger partial charge in [0, 0.05) is 17.2 Å². The van der Waals surface area contributed by atoms with Crippen molar-refractivity contribution in [2.24, 2.45) is 16.4 Å². The number of benzene rings is 1. The Morgan fingerprint density at radius 3 is 2.64 bits per heavy atom. The molecule has 0 heterocycles. The highest BCUT2D eigenvalue weighted by Crippen LogP contribution is 2.48. The Morgan fingerprint density at radius 2 is 1.92 bits per heavy atom. The molecule has 2 atom stereocenters. The van der Waals surface area contributed by atoms with Crippen LogP contribution in [0.4, 0.5) is 17.1 Å². The molecule has 1 aromatic carbocycles. The van der Waals surface area contributed by atoms with E-state index in [1.807, 2.05) is 0 Å². The standard InChI is InChI=1S/C17H22N4O4/c1-17-10-3-2-5-12(17)6-4-7-16(17)19-18-14-9-8-13(20(22)23)11-15(14)21(24)25/h8-9,11-12,18H,2-7,10H2,1H3/b19-16+/t12-,17+/m1/s1. The molecule has 0 amide bonds. The molecule has 0 spiro atoms. The second-order valence-corrected chi connectivity index (χ2v) is 7.14. The fourth-order valence-electron chi connectivity index (χ4n) is 4.24. The van der Waals surface area contributed by atoms with Gasteiger partial charge in [0.15, 0.2) is 0 Å². The van der Waals surface area contributed by atoms with Gasteiger partial charge in [-0.3, -0.25) is 25.7 Å². The first-order valence-electron chi connectivity index (χ1n) is 8.68. The SMILES string of the molecule is C[C@]12CCCC[C@@H]1CCC/C2=N\Nc1ccc([N+](=O)[O-])cc1[N+](=O)[O-]. The molecule has 0 radical (unpaired) electrons. The lowest BCUT2D eigenvalue weighted by Gasteiger charge is -2.45. The number of hydrogen-bond acceptors (Lipinski definition) is 6. The van der Waals surface area contributed by atoms with Crippen LogP contribution in [0.15, 0.2) is 23.3 Å². The number of hydrazone groups is 1. The smallest absolute Gasteiger partial charge is 0.272 e. The molecule has 2 fully saturated rings. The van der Waals surface area contributed by atoms with E-state index < -0.39 is 9.85 Å². The van der Waals surface area contributed by atoms with Crippen LogP contribution in [0, 0.1) is 31.6 Å². The Kier molecular flexibility index (Phi) is 4.69. The topological polar surface area (TPSA) is 111 Å². The molecule has 1 aromatic rings. The highest BCUT2D eigenvalue weighted by Gasteiger charge is 2.42. The van der Waals surface area contributed by atoms with Gasteiger partial charge < -0.3 is 0 Å². The Bertz CT molecular complexity index is 731. The molecule has 2 aliphatic carbocycles. The number of anilines is 1. The van der Waals surface area contributed by atoms with Crippen molar-refractivity contribution in [1.29, 1.82) is 0 Å². The van der Waals surface area contributed by atoms with E-state index in [-0.39, 0.29) is 22.5 Å². The number of nitro groups is 2. The van der Waals surface area contributed by atoms with E-state index in [9.17, 15) is 20.2 Å². The van der Waals surface area contributed by atoms with E-state index in [2.05, 4.69) is 17.5 Å². The molecule has 3 rings (SSSR count). The molecular formula is C17H22N4O4. The van der Waals surface area contributed by atoms with E-state index in [1.54, 1.807) is 0 Å². The summed E-state index contributed by atoms with van der Waals surface area (Å²) in [5.74, 6) is 0.627. The number of nitrogens with one attached hydrogen (secondary N) is 1. The number of fused-ring (bicyclic) bond motifs is 1. The third-order valence-electron chi connectivity index (χ3n) is 5.73. The lowest BCUT2D eigenvalue weighted by Crippen LogP contribution is -2.42. The maximum absolute atomic E-state index is 11.2. The summed E-state index contributed by atoms with van der Waals surface area (Å²) in [5, 5.41) is 26.6. The number of hydrogen-bond donors (Lipinski definition) is 1. The molecule has 0 bridgehead atoms. The van der Waals surface area contributed by atoms with Gasteiger partial charge in [-0.05, 0) is 44.1 Å². The average molecular weight is 346 g/mol. The molecule has 1 N–H and O–H groups in total. The quantitative estimate of drug-likeness (QED) is 0.630. The summed E-state index contributed by atoms with van der Waals surface area (Å²) in [6, 6.07) is 3.57. The summed E-state index contributed by atoms with van der Waals surface area (Å²) >= 11 is 0. The molecule has 8 heteroatoms. The van der Waals surface area contributed by atoms with E-state index in [0.29, 0.717) is 5.92 Å². The molecule has 0 aromatic heterocycles. The van der Waals surface area contributed by atoms with Crippen LogP contribution in [0.2, 0.25) is 0 Å². The molecule has 0 aliphatic heterocycles. The average Bonchev–Trinajstić information content (AvgIpc) is 2.59. The van der Waals surface area contributed by atoms with Gasteiger partial charge in [-0.1, -0.05) is 19.8 Å². The number of nitrogens with zero attached hydrogens (tertiary/aromatic N) is 3. The predicted molar refractivity (Wildman–Crippen MR) is 94.7 cm³/mol. The maximum Gasteiger partial charge on any atom is 0.301 e. The van der Waals surface area contributed by atoms with Crippen molar-refractivity contribution in [3.05, 3.63) is 38.4 Å². The minimum absolute atomic E-state index is 0.0546. The van der Waals surface area contributed by atoms with Crippen molar-refractivity contribution >= 4 is 22.8 Å². The summed E-state index contributed by atoms with van der Waals surface area (Å²) in [6.45, 7) is 2.25. The Balaban J connectivity index is 1.88. The van der Waals surface area contributed by atoms with Crippen molar-refractivity contribution in [2.45, 2.75) is 51.9 Å². The van der Waals surface area contributed by atoms with Gasteiger partial charge in [0.25, 0.3) is 5.69 Å². The van der Waals surface area contributed by atoms with Crippen LogP contribution in [-0.4, -0.2) is 15.6 Å². The van der Waals surface area contributed by atoms with E-state index >= 15 is 0 Å². The monoisotopic (exact) mass is 346 g/mol. The summed E-state index contributed by atoms with van der Waals surface area (Å²) < 4.78 is 0. The van der Waals surface area contributed by atoms with Gasteiger partial charge in [-0.25, -0.2) is 0 Å². The normalized spacial score (nSPS) is 27.6. The van der Waals surface area contributed by atoms with Crippen molar-refractivity contribution in [3.8, 4) is 0 Å². The predicted octanol–water partition coefficient (Wildman–Crippen LogP) is 4.65. The first kappa shape index (κ1) is 17.3. The first-order valence-corrected chi connectivity index (χ1v) is 8.68. The summed E-state index contributed by atoms with van der Waals surface area (Å²) in [5.41, 5.74) is 3.48. The molecule has 8 nitrogen and oxygen atoms in total. The Labute approximate surface area is 145 Å². The van der Waals surface area contributed by atoms with Crippen LogP contribution in [-0.2, 0) is 0 Å². The summed E-state index contributed by atoms with van der Waals surface area (Å²) in [4.78, 5) is 20.8. The highest BCUT2D eigenvalue weighted by molar-refractivity contribution is 5.91. The van der Waals surface area contributed by atoms with Crippen LogP contribution in [0.5, 0.6) is 0 Å². The summed E-state index contributed by atoms with van der Waals surface area (Å²) in [6.07, 6.45) is 7.95. The maximum atomic E-state index is 11.2. The lowest BCUT2D eigenvalue weighted by atomic mass is 9.59. The largest absolute Gasteiger partial charge is 0.301 e. The van der Waals surface area contributed by atoms with Gasteiger partial charge in [-0.15, -0.1) is 0 Å². The summed E-state index contributed by atoms with van der Waals surface area (Å²) in [7, 11) is 0. The Morgan fingerprint density at radius 1 is 1.16 bits per heavy atom. The van der Waals surface area contributed by atoms with E-state index in [4.69, 9.17) is 0 Å². The number of rotatable bonds is 4. The highest BCUT2D eigenvalue weighted by atomic mass is 16.6. The van der Waals surface area contributed by atoms with Gasteiger partial charge >= 0.3 is 5.69 Å². The number of non-ortho nitro benzene ring substituents is 1. The van der Waals surface area contributed by atoms with Crippen molar-refractivity contribution in [1.82, 2.24) is 0 Å². The van der Waals surface area contributed by atoms with Gasteiger partial charge in [0.1, 0.15) is 5.69 Å². The van der Waals surface area contributed by atoms with E-state index in [0.717, 1.165) is 31.0 Å². The van der Waals surface area contributed by atoms with Gasteiger partial charge in [0.2, 0.25) is 0 Å². The van der Waals surface area contributed by atoms with Crippen molar-refractivity contribution < 1.29 is 9.85 Å². The van der Waals surface area contributed by atoms with Crippen LogP contribution < -0.4 is 5.43 Å². The molecule has 0 unspecified atom stereocenters. The van der Waals surface area contributed by atoms with Crippen LogP contribution in [0.1, 0.15) is 51.9 Å².